The molecule has 0 aromatic heterocycles. The van der Waals surface area contributed by atoms with Gasteiger partial charge in [0.1, 0.15) is 0 Å². The summed E-state index contributed by atoms with van der Waals surface area (Å²) in [4.78, 5) is 2.38. The van der Waals surface area contributed by atoms with Gasteiger partial charge in [-0.25, -0.2) is 8.42 Å². The Bertz CT molecular complexity index is 620. The number of ether oxygens (including phenoxy) is 2. The zero-order valence-corrected chi connectivity index (χ0v) is 14.4. The Morgan fingerprint density at radius 1 is 1.26 bits per heavy atom. The SMILES string of the molecule is CN(C)CCO[C@@H]1CN(S(=O)(=O)c2ccccc2)[C@H]2COC[C@@H]12. The fraction of sp³-hybridized carbons (Fsp3) is 0.625. The summed E-state index contributed by atoms with van der Waals surface area (Å²) in [6, 6.07) is 8.47. The number of benzene rings is 1. The molecule has 1 aromatic carbocycles. The first-order valence-electron chi connectivity index (χ1n) is 7.91. The first kappa shape index (κ1) is 16.9. The lowest BCUT2D eigenvalue weighted by molar-refractivity contribution is 0.0171. The van der Waals surface area contributed by atoms with Crippen LogP contribution >= 0.6 is 0 Å². The van der Waals surface area contributed by atoms with Crippen LogP contribution in [0.15, 0.2) is 35.2 Å². The van der Waals surface area contributed by atoms with Crippen molar-refractivity contribution >= 4 is 10.0 Å². The summed E-state index contributed by atoms with van der Waals surface area (Å²) < 4.78 is 38.9. The summed E-state index contributed by atoms with van der Waals surface area (Å²) in [7, 11) is 0.479. The minimum absolute atomic E-state index is 0.0964. The third-order valence-corrected chi connectivity index (χ3v) is 6.43. The van der Waals surface area contributed by atoms with E-state index in [0.717, 1.165) is 6.54 Å². The number of rotatable bonds is 6. The molecule has 0 bridgehead atoms. The number of nitrogens with zero attached hydrogens (tertiary/aromatic N) is 2. The van der Waals surface area contributed by atoms with Crippen molar-refractivity contribution < 1.29 is 17.9 Å². The van der Waals surface area contributed by atoms with Crippen molar-refractivity contribution in [2.24, 2.45) is 5.92 Å². The van der Waals surface area contributed by atoms with Crippen molar-refractivity contribution in [1.82, 2.24) is 9.21 Å². The van der Waals surface area contributed by atoms with Crippen LogP contribution in [0, 0.1) is 5.92 Å². The van der Waals surface area contributed by atoms with Crippen molar-refractivity contribution in [2.45, 2.75) is 17.0 Å². The van der Waals surface area contributed by atoms with E-state index in [1.54, 1.807) is 28.6 Å². The van der Waals surface area contributed by atoms with Gasteiger partial charge in [0, 0.05) is 19.0 Å². The molecule has 0 amide bonds. The van der Waals surface area contributed by atoms with E-state index in [2.05, 4.69) is 4.90 Å². The Hall–Kier alpha value is -0.990. The van der Waals surface area contributed by atoms with E-state index in [0.29, 0.717) is 31.3 Å². The minimum Gasteiger partial charge on any atom is -0.379 e. The lowest BCUT2D eigenvalue weighted by atomic mass is 10.0. The average molecular weight is 340 g/mol. The molecule has 1 aromatic rings. The highest BCUT2D eigenvalue weighted by Crippen LogP contribution is 2.35. The van der Waals surface area contributed by atoms with Crippen LogP contribution in [0.2, 0.25) is 0 Å². The summed E-state index contributed by atoms with van der Waals surface area (Å²) in [5.41, 5.74) is 0. The van der Waals surface area contributed by atoms with Crippen molar-refractivity contribution in [3.63, 3.8) is 0 Å². The molecule has 0 N–H and O–H groups in total. The summed E-state index contributed by atoms with van der Waals surface area (Å²) in [5, 5.41) is 0. The molecular formula is C16H24N2O4S. The normalized spacial score (nSPS) is 28.4. The van der Waals surface area contributed by atoms with Crippen LogP contribution in [-0.2, 0) is 19.5 Å². The highest BCUT2D eigenvalue weighted by atomic mass is 32.2. The second kappa shape index (κ2) is 6.86. The maximum absolute atomic E-state index is 12.9. The fourth-order valence-corrected chi connectivity index (χ4v) is 4.92. The van der Waals surface area contributed by atoms with E-state index in [9.17, 15) is 8.42 Å². The van der Waals surface area contributed by atoms with Crippen LogP contribution < -0.4 is 0 Å². The third-order valence-electron chi connectivity index (χ3n) is 4.52. The van der Waals surface area contributed by atoms with E-state index in [-0.39, 0.29) is 18.1 Å². The average Bonchev–Trinajstić information content (AvgIpc) is 3.11. The van der Waals surface area contributed by atoms with Crippen LogP contribution in [0.25, 0.3) is 0 Å². The van der Waals surface area contributed by atoms with Crippen LogP contribution in [-0.4, -0.2) is 76.8 Å². The van der Waals surface area contributed by atoms with E-state index >= 15 is 0 Å². The molecule has 0 spiro atoms. The van der Waals surface area contributed by atoms with Crippen LogP contribution in [0.1, 0.15) is 0 Å². The number of sulfonamides is 1. The number of hydrogen-bond acceptors (Lipinski definition) is 5. The zero-order chi connectivity index (χ0) is 16.4. The number of likely N-dealkylation sites (N-methyl/N-ethyl adjacent to an activating group) is 1. The Kier molecular flexibility index (Phi) is 5.03. The van der Waals surface area contributed by atoms with Crippen LogP contribution in [0.4, 0.5) is 0 Å². The first-order valence-corrected chi connectivity index (χ1v) is 9.35. The van der Waals surface area contributed by atoms with Crippen molar-refractivity contribution in [1.29, 1.82) is 0 Å². The van der Waals surface area contributed by atoms with Gasteiger partial charge in [-0.3, -0.25) is 0 Å². The van der Waals surface area contributed by atoms with E-state index in [4.69, 9.17) is 9.47 Å². The summed E-state index contributed by atoms with van der Waals surface area (Å²) in [5.74, 6) is 0.121. The molecule has 2 heterocycles. The number of hydrogen-bond donors (Lipinski definition) is 0. The molecule has 0 radical (unpaired) electrons. The second-order valence-corrected chi connectivity index (χ2v) is 8.26. The summed E-state index contributed by atoms with van der Waals surface area (Å²) in [6.07, 6.45) is -0.0964. The van der Waals surface area contributed by atoms with Gasteiger partial charge in [0.05, 0.1) is 36.9 Å². The largest absolute Gasteiger partial charge is 0.379 e. The van der Waals surface area contributed by atoms with Crippen molar-refractivity contribution in [3.8, 4) is 0 Å². The summed E-state index contributed by atoms with van der Waals surface area (Å²) >= 11 is 0. The van der Waals surface area contributed by atoms with Gasteiger partial charge in [-0.2, -0.15) is 4.31 Å². The highest BCUT2D eigenvalue weighted by Gasteiger charge is 2.50. The van der Waals surface area contributed by atoms with E-state index < -0.39 is 10.0 Å². The van der Waals surface area contributed by atoms with Gasteiger partial charge in [-0.15, -0.1) is 0 Å². The molecule has 2 saturated heterocycles. The molecule has 2 fully saturated rings. The van der Waals surface area contributed by atoms with Crippen molar-refractivity contribution in [2.75, 3.05) is 47.0 Å². The molecule has 2 aliphatic heterocycles. The molecule has 7 heteroatoms. The second-order valence-electron chi connectivity index (χ2n) is 6.37. The molecule has 0 saturated carbocycles. The van der Waals surface area contributed by atoms with Crippen LogP contribution in [0.3, 0.4) is 0 Å². The van der Waals surface area contributed by atoms with Gasteiger partial charge in [-0.05, 0) is 26.2 Å². The molecular weight excluding hydrogens is 316 g/mol. The first-order chi connectivity index (χ1) is 11.0. The molecule has 23 heavy (non-hydrogen) atoms. The number of fused-ring (bicyclic) bond motifs is 1. The minimum atomic E-state index is -3.50. The van der Waals surface area contributed by atoms with Gasteiger partial charge in [0.15, 0.2) is 0 Å². The smallest absolute Gasteiger partial charge is 0.243 e. The molecule has 0 aliphatic carbocycles. The predicted octanol–water partition coefficient (Wildman–Crippen LogP) is 0.653. The lowest BCUT2D eigenvalue weighted by Crippen LogP contribution is -2.38. The molecule has 0 unspecified atom stereocenters. The molecule has 128 valence electrons. The van der Waals surface area contributed by atoms with Crippen LogP contribution in [0.5, 0.6) is 0 Å². The summed E-state index contributed by atoms with van der Waals surface area (Å²) in [6.45, 7) is 2.84. The maximum Gasteiger partial charge on any atom is 0.243 e. The molecule has 3 atom stereocenters. The molecule has 2 aliphatic rings. The zero-order valence-electron chi connectivity index (χ0n) is 13.6. The Balaban J connectivity index is 1.75. The quantitative estimate of drug-likeness (QED) is 0.761. The Morgan fingerprint density at radius 3 is 2.70 bits per heavy atom. The van der Waals surface area contributed by atoms with Gasteiger partial charge in [0.2, 0.25) is 10.0 Å². The lowest BCUT2D eigenvalue weighted by Gasteiger charge is -2.21. The van der Waals surface area contributed by atoms with Gasteiger partial charge in [-0.1, -0.05) is 18.2 Å². The van der Waals surface area contributed by atoms with Gasteiger partial charge >= 0.3 is 0 Å². The third kappa shape index (κ3) is 3.44. The van der Waals surface area contributed by atoms with E-state index in [1.165, 1.54) is 0 Å². The predicted molar refractivity (Wildman–Crippen MR) is 86.7 cm³/mol. The highest BCUT2D eigenvalue weighted by molar-refractivity contribution is 7.89. The van der Waals surface area contributed by atoms with E-state index in [1.807, 2.05) is 20.2 Å². The molecule has 3 rings (SSSR count). The topological polar surface area (TPSA) is 59.1 Å². The van der Waals surface area contributed by atoms with Gasteiger partial charge in [0.25, 0.3) is 0 Å². The maximum atomic E-state index is 12.9. The Labute approximate surface area is 138 Å². The standard InChI is InChI=1S/C16H24N2O4S/c1-17(2)8-9-22-16-10-18(15-12-21-11-14(15)16)23(19,20)13-6-4-3-5-7-13/h3-7,14-16H,8-12H2,1-2H3/t14-,15+,16-/m1/s1. The van der Waals surface area contributed by atoms with Gasteiger partial charge < -0.3 is 14.4 Å². The Morgan fingerprint density at radius 2 is 2.00 bits per heavy atom. The monoisotopic (exact) mass is 340 g/mol. The molecule has 6 nitrogen and oxygen atoms in total. The van der Waals surface area contributed by atoms with Crippen molar-refractivity contribution in [3.05, 3.63) is 30.3 Å². The fourth-order valence-electron chi connectivity index (χ4n) is 3.23.